The van der Waals surface area contributed by atoms with Gasteiger partial charge in [-0.15, -0.1) is 0 Å². The van der Waals surface area contributed by atoms with E-state index in [1.54, 1.807) is 31.2 Å². The zero-order valence-electron chi connectivity index (χ0n) is 10.7. The van der Waals surface area contributed by atoms with Gasteiger partial charge in [-0.05, 0) is 25.1 Å². The second kappa shape index (κ2) is 5.51. The van der Waals surface area contributed by atoms with Crippen molar-refractivity contribution in [1.29, 1.82) is 5.26 Å². The minimum atomic E-state index is -4.14. The average Bonchev–Trinajstić information content (AvgIpc) is 2.37. The maximum Gasteiger partial charge on any atom is 0.331 e. The summed E-state index contributed by atoms with van der Waals surface area (Å²) in [5, 5.41) is 9.04. The first kappa shape index (κ1) is 14.4. The Morgan fingerprint density at radius 2 is 2.05 bits per heavy atom. The van der Waals surface area contributed by atoms with E-state index in [-0.39, 0.29) is 0 Å². The molecule has 2 rings (SSSR count). The third-order valence-electron chi connectivity index (χ3n) is 2.72. The molecule has 0 amide bonds. The van der Waals surface area contributed by atoms with Crippen LogP contribution in [0.4, 0.5) is 0 Å². The Morgan fingerprint density at radius 1 is 1.30 bits per heavy atom. The van der Waals surface area contributed by atoms with Crippen molar-refractivity contribution in [1.82, 2.24) is 9.97 Å². The third-order valence-corrected chi connectivity index (χ3v) is 3.45. The molecule has 2 heterocycles. The van der Waals surface area contributed by atoms with Crippen LogP contribution in [0.1, 0.15) is 17.1 Å². The summed E-state index contributed by atoms with van der Waals surface area (Å²) in [6.45, 7) is 1.73. The molecule has 102 valence electrons. The van der Waals surface area contributed by atoms with Gasteiger partial charge in [0.15, 0.2) is 0 Å². The van der Waals surface area contributed by atoms with Crippen molar-refractivity contribution in [2.45, 2.75) is 13.1 Å². The summed E-state index contributed by atoms with van der Waals surface area (Å²) in [5.41, 5.74) is 2.59. The maximum atomic E-state index is 11.0. The molecule has 2 N–H and O–H groups in total. The largest absolute Gasteiger partial charge is 0.331 e. The smallest absolute Gasteiger partial charge is 0.324 e. The van der Waals surface area contributed by atoms with Gasteiger partial charge in [-0.1, -0.05) is 6.07 Å². The molecule has 0 radical (unpaired) electrons. The molecule has 0 atom stereocenters. The van der Waals surface area contributed by atoms with Crippen molar-refractivity contribution < 1.29 is 14.4 Å². The lowest BCUT2D eigenvalue weighted by Crippen LogP contribution is -1.97. The number of pyridine rings is 2. The molecule has 0 fully saturated rings. The lowest BCUT2D eigenvalue weighted by molar-refractivity contribution is 0.371. The van der Waals surface area contributed by atoms with Gasteiger partial charge in [0.05, 0.1) is 11.9 Å². The highest BCUT2D eigenvalue weighted by molar-refractivity contribution is 7.50. The van der Waals surface area contributed by atoms with Crippen LogP contribution in [0.5, 0.6) is 0 Å². The van der Waals surface area contributed by atoms with Crippen molar-refractivity contribution in [2.24, 2.45) is 0 Å². The summed E-state index contributed by atoms with van der Waals surface area (Å²) in [4.78, 5) is 26.1. The lowest BCUT2D eigenvalue weighted by Gasteiger charge is -2.09. The van der Waals surface area contributed by atoms with E-state index in [1.165, 1.54) is 6.20 Å². The van der Waals surface area contributed by atoms with Crippen LogP contribution in [-0.2, 0) is 10.7 Å². The number of rotatable bonds is 3. The van der Waals surface area contributed by atoms with Crippen LogP contribution >= 0.6 is 7.60 Å². The second-order valence-corrected chi connectivity index (χ2v) is 5.92. The van der Waals surface area contributed by atoms with Crippen molar-refractivity contribution in [3.05, 3.63) is 47.5 Å². The van der Waals surface area contributed by atoms with E-state index in [9.17, 15) is 4.57 Å². The normalized spacial score (nSPS) is 11.1. The van der Waals surface area contributed by atoms with Crippen LogP contribution in [0.25, 0.3) is 11.1 Å². The first-order valence-electron chi connectivity index (χ1n) is 5.77. The first-order chi connectivity index (χ1) is 9.40. The van der Waals surface area contributed by atoms with E-state index in [4.69, 9.17) is 15.0 Å². The topological polar surface area (TPSA) is 107 Å². The van der Waals surface area contributed by atoms with E-state index in [0.29, 0.717) is 22.6 Å². The van der Waals surface area contributed by atoms with Gasteiger partial charge in [0.25, 0.3) is 0 Å². The van der Waals surface area contributed by atoms with E-state index in [0.717, 1.165) is 5.56 Å². The minimum absolute atomic E-state index is 0.292. The molecular formula is C13H12N3O3P. The van der Waals surface area contributed by atoms with Gasteiger partial charge in [-0.3, -0.25) is 9.55 Å². The average molecular weight is 289 g/mol. The van der Waals surface area contributed by atoms with Gasteiger partial charge in [-0.25, -0.2) is 4.98 Å². The van der Waals surface area contributed by atoms with E-state index in [1.807, 2.05) is 6.07 Å². The van der Waals surface area contributed by atoms with Gasteiger partial charge >= 0.3 is 7.60 Å². The molecule has 0 spiro atoms. The van der Waals surface area contributed by atoms with Gasteiger partial charge in [0.2, 0.25) is 0 Å². The Morgan fingerprint density at radius 3 is 2.65 bits per heavy atom. The predicted molar refractivity (Wildman–Crippen MR) is 72.7 cm³/mol. The quantitative estimate of drug-likeness (QED) is 0.837. The van der Waals surface area contributed by atoms with Gasteiger partial charge in [0.1, 0.15) is 11.8 Å². The van der Waals surface area contributed by atoms with Gasteiger partial charge in [0, 0.05) is 23.0 Å². The Balaban J connectivity index is 2.45. The number of nitriles is 1. The van der Waals surface area contributed by atoms with E-state index < -0.39 is 13.8 Å². The highest BCUT2D eigenvalue weighted by Crippen LogP contribution is 2.39. The molecular weight excluding hydrogens is 277 g/mol. The number of nitrogens with zero attached hydrogens (tertiary/aromatic N) is 3. The van der Waals surface area contributed by atoms with Crippen LogP contribution in [0.15, 0.2) is 30.5 Å². The molecule has 0 aliphatic heterocycles. The molecule has 2 aromatic heterocycles. The van der Waals surface area contributed by atoms with E-state index >= 15 is 0 Å². The Bertz CT molecular complexity index is 734. The second-order valence-electron chi connectivity index (χ2n) is 4.27. The van der Waals surface area contributed by atoms with Crippen molar-refractivity contribution in [2.75, 3.05) is 0 Å². The third kappa shape index (κ3) is 3.28. The highest BCUT2D eigenvalue weighted by Gasteiger charge is 2.16. The first-order valence-corrected chi connectivity index (χ1v) is 7.57. The molecule has 0 bridgehead atoms. The van der Waals surface area contributed by atoms with Crippen LogP contribution in [-0.4, -0.2) is 19.8 Å². The van der Waals surface area contributed by atoms with Crippen LogP contribution in [0.2, 0.25) is 0 Å². The Kier molecular flexibility index (Phi) is 3.96. The zero-order chi connectivity index (χ0) is 14.8. The predicted octanol–water partition coefficient (Wildman–Crippen LogP) is 2.00. The molecule has 0 aliphatic rings. The summed E-state index contributed by atoms with van der Waals surface area (Å²) in [5.74, 6) is 0. The molecule has 0 saturated carbocycles. The number of hydrogen-bond donors (Lipinski definition) is 2. The fourth-order valence-corrected chi connectivity index (χ4v) is 2.51. The SMILES string of the molecule is Cc1nc(CP(=O)(O)O)ccc1-c1cccnc1C#N. The Hall–Kier alpha value is -2.06. The molecule has 0 aromatic carbocycles. The molecule has 0 aliphatic carbocycles. The number of hydrogen-bond acceptors (Lipinski definition) is 4. The fraction of sp³-hybridized carbons (Fsp3) is 0.154. The summed E-state index contributed by atoms with van der Waals surface area (Å²) in [6.07, 6.45) is 1.14. The molecule has 7 heteroatoms. The summed E-state index contributed by atoms with van der Waals surface area (Å²) in [6, 6.07) is 8.75. The van der Waals surface area contributed by atoms with Gasteiger partial charge < -0.3 is 9.79 Å². The Labute approximate surface area is 115 Å². The highest BCUT2D eigenvalue weighted by atomic mass is 31.2. The monoisotopic (exact) mass is 289 g/mol. The minimum Gasteiger partial charge on any atom is -0.324 e. The van der Waals surface area contributed by atoms with Crippen molar-refractivity contribution >= 4 is 7.60 Å². The molecule has 0 saturated heterocycles. The van der Waals surface area contributed by atoms with Crippen LogP contribution in [0.3, 0.4) is 0 Å². The van der Waals surface area contributed by atoms with Crippen LogP contribution < -0.4 is 0 Å². The van der Waals surface area contributed by atoms with Gasteiger partial charge in [-0.2, -0.15) is 5.26 Å². The zero-order valence-corrected chi connectivity index (χ0v) is 11.6. The fourth-order valence-electron chi connectivity index (χ4n) is 1.91. The molecule has 0 unspecified atom stereocenters. The van der Waals surface area contributed by atoms with E-state index in [2.05, 4.69) is 9.97 Å². The summed E-state index contributed by atoms with van der Waals surface area (Å²) >= 11 is 0. The summed E-state index contributed by atoms with van der Waals surface area (Å²) < 4.78 is 11.0. The number of aryl methyl sites for hydroxylation is 1. The number of aromatic nitrogens is 2. The van der Waals surface area contributed by atoms with Crippen molar-refractivity contribution in [3.63, 3.8) is 0 Å². The maximum absolute atomic E-state index is 11.0. The van der Waals surface area contributed by atoms with Crippen molar-refractivity contribution in [3.8, 4) is 17.2 Å². The molecule has 6 nitrogen and oxygen atoms in total. The molecule has 20 heavy (non-hydrogen) atoms. The lowest BCUT2D eigenvalue weighted by atomic mass is 10.0. The summed E-state index contributed by atoms with van der Waals surface area (Å²) in [7, 11) is -4.14. The molecule has 2 aromatic rings. The standard InChI is InChI=1S/C13H12N3O3P/c1-9-11(12-3-2-6-15-13(12)7-14)5-4-10(16-9)8-20(17,18)19/h2-6H,8H2,1H3,(H2,17,18,19). The van der Waals surface area contributed by atoms with Crippen LogP contribution in [0, 0.1) is 18.3 Å².